The minimum Gasteiger partial charge on any atom is -0.444 e. The Labute approximate surface area is 153 Å². The lowest BCUT2D eigenvalue weighted by Gasteiger charge is -2.18. The molecule has 4 nitrogen and oxygen atoms in total. The maximum Gasteiger partial charge on any atom is 0.340 e. The van der Waals surface area contributed by atoms with Crippen molar-refractivity contribution in [1.82, 2.24) is 5.32 Å². The molecule has 1 saturated carbocycles. The van der Waals surface area contributed by atoms with Gasteiger partial charge in [-0.3, -0.25) is 4.79 Å². The van der Waals surface area contributed by atoms with E-state index in [9.17, 15) is 18.4 Å². The van der Waals surface area contributed by atoms with Gasteiger partial charge >= 0.3 is 5.97 Å². The van der Waals surface area contributed by atoms with Crippen LogP contribution >= 0.6 is 11.8 Å². The van der Waals surface area contributed by atoms with Gasteiger partial charge in [-0.15, -0.1) is 0 Å². The van der Waals surface area contributed by atoms with E-state index in [0.29, 0.717) is 5.56 Å². The third-order valence-electron chi connectivity index (χ3n) is 3.81. The number of rotatable bonds is 7. The van der Waals surface area contributed by atoms with Crippen LogP contribution < -0.4 is 5.32 Å². The molecule has 1 aliphatic carbocycles. The minimum absolute atomic E-state index is 0.0120. The number of hydrogen-bond donors (Lipinski definition) is 1. The molecule has 0 spiro atoms. The molecular formula is C19H17F2NO3S. The fourth-order valence-corrected chi connectivity index (χ4v) is 3.04. The zero-order valence-electron chi connectivity index (χ0n) is 13.7. The Morgan fingerprint density at radius 2 is 1.69 bits per heavy atom. The van der Waals surface area contributed by atoms with Crippen molar-refractivity contribution in [3.8, 4) is 0 Å². The summed E-state index contributed by atoms with van der Waals surface area (Å²) in [6.45, 7) is 0. The number of esters is 1. The van der Waals surface area contributed by atoms with Crippen molar-refractivity contribution in [3.63, 3.8) is 0 Å². The summed E-state index contributed by atoms with van der Waals surface area (Å²) in [5.41, 5.74) is 0.538. The second-order valence-electron chi connectivity index (χ2n) is 5.85. The van der Waals surface area contributed by atoms with Crippen molar-refractivity contribution >= 4 is 23.6 Å². The summed E-state index contributed by atoms with van der Waals surface area (Å²) in [4.78, 5) is 25.2. The quantitative estimate of drug-likeness (QED) is 0.581. The van der Waals surface area contributed by atoms with Crippen LogP contribution in [0.2, 0.25) is 0 Å². The Morgan fingerprint density at radius 1 is 1.04 bits per heavy atom. The molecule has 26 heavy (non-hydrogen) atoms. The van der Waals surface area contributed by atoms with Gasteiger partial charge in [0.15, 0.2) is 0 Å². The smallest absolute Gasteiger partial charge is 0.340 e. The third-order valence-corrected chi connectivity index (χ3v) is 4.60. The maximum atomic E-state index is 12.7. The largest absolute Gasteiger partial charge is 0.444 e. The Balaban J connectivity index is 1.82. The molecule has 0 radical (unpaired) electrons. The number of carbonyl (C=O) groups is 2. The molecule has 0 bridgehead atoms. The van der Waals surface area contributed by atoms with Gasteiger partial charge in [-0.2, -0.15) is 8.78 Å². The van der Waals surface area contributed by atoms with Crippen LogP contribution in [0.5, 0.6) is 0 Å². The molecule has 0 aliphatic heterocycles. The van der Waals surface area contributed by atoms with Gasteiger partial charge in [0.25, 0.3) is 11.7 Å². The molecule has 0 aromatic heterocycles. The first kappa shape index (κ1) is 18.4. The summed E-state index contributed by atoms with van der Waals surface area (Å²) >= 11 is 0.271. The second-order valence-corrected chi connectivity index (χ2v) is 6.89. The van der Waals surface area contributed by atoms with Gasteiger partial charge in [-0.1, -0.05) is 54.2 Å². The Morgan fingerprint density at radius 3 is 2.35 bits per heavy atom. The zero-order valence-corrected chi connectivity index (χ0v) is 14.5. The lowest BCUT2D eigenvalue weighted by molar-refractivity contribution is -0.130. The van der Waals surface area contributed by atoms with Crippen molar-refractivity contribution in [2.24, 2.45) is 0 Å². The zero-order chi connectivity index (χ0) is 18.5. The number of carbonyl (C=O) groups excluding carboxylic acids is 2. The van der Waals surface area contributed by atoms with E-state index in [0.717, 1.165) is 12.8 Å². The lowest BCUT2D eigenvalue weighted by Crippen LogP contribution is -2.33. The molecule has 7 heteroatoms. The number of benzene rings is 2. The van der Waals surface area contributed by atoms with E-state index >= 15 is 0 Å². The highest BCUT2D eigenvalue weighted by molar-refractivity contribution is 7.99. The van der Waals surface area contributed by atoms with Crippen LogP contribution in [0.4, 0.5) is 8.78 Å². The highest BCUT2D eigenvalue weighted by atomic mass is 32.2. The van der Waals surface area contributed by atoms with Gasteiger partial charge in [-0.05, 0) is 25.0 Å². The van der Waals surface area contributed by atoms with Gasteiger partial charge < -0.3 is 10.1 Å². The Bertz CT molecular complexity index is 781. The summed E-state index contributed by atoms with van der Waals surface area (Å²) < 4.78 is 30.9. The van der Waals surface area contributed by atoms with E-state index in [2.05, 4.69) is 5.32 Å². The number of nitrogens with one attached hydrogen (secondary N) is 1. The van der Waals surface area contributed by atoms with Crippen LogP contribution in [0.15, 0.2) is 59.5 Å². The number of halogens is 2. The molecule has 3 rings (SSSR count). The van der Waals surface area contributed by atoms with Gasteiger partial charge in [0, 0.05) is 16.5 Å². The summed E-state index contributed by atoms with van der Waals surface area (Å²) in [5.74, 6) is -3.88. The molecule has 1 aliphatic rings. The average molecular weight is 377 g/mol. The lowest BCUT2D eigenvalue weighted by atomic mass is 10.1. The van der Waals surface area contributed by atoms with Gasteiger partial charge in [-0.25, -0.2) is 4.79 Å². The van der Waals surface area contributed by atoms with Gasteiger partial charge in [0.05, 0.1) is 5.56 Å². The highest BCUT2D eigenvalue weighted by Crippen LogP contribution is 2.30. The normalized spacial score (nSPS) is 14.7. The maximum absolute atomic E-state index is 12.7. The van der Waals surface area contributed by atoms with Crippen LogP contribution in [0.3, 0.4) is 0 Å². The van der Waals surface area contributed by atoms with Crippen LogP contribution in [0, 0.1) is 0 Å². The average Bonchev–Trinajstić information content (AvgIpc) is 3.44. The van der Waals surface area contributed by atoms with Crippen molar-refractivity contribution in [3.05, 3.63) is 65.7 Å². The summed E-state index contributed by atoms with van der Waals surface area (Å²) in [5, 5.41) is 2.81. The first-order valence-corrected chi connectivity index (χ1v) is 9.02. The predicted molar refractivity (Wildman–Crippen MR) is 94.1 cm³/mol. The topological polar surface area (TPSA) is 55.4 Å². The number of alkyl halides is 2. The van der Waals surface area contributed by atoms with Crippen molar-refractivity contribution in [1.29, 1.82) is 0 Å². The summed E-state index contributed by atoms with van der Waals surface area (Å²) in [6, 6.07) is 14.7. The van der Waals surface area contributed by atoms with E-state index in [1.165, 1.54) is 12.1 Å². The summed E-state index contributed by atoms with van der Waals surface area (Å²) in [7, 11) is 0. The predicted octanol–water partition coefficient (Wildman–Crippen LogP) is 4.18. The Kier molecular flexibility index (Phi) is 5.88. The number of ether oxygens (including phenoxy) is 1. The fraction of sp³-hybridized carbons (Fsp3) is 0.263. The molecule has 2 aromatic rings. The fourth-order valence-electron chi connectivity index (χ4n) is 2.41. The molecule has 1 N–H and O–H groups in total. The monoisotopic (exact) mass is 377 g/mol. The van der Waals surface area contributed by atoms with Gasteiger partial charge in [0.2, 0.25) is 6.10 Å². The van der Waals surface area contributed by atoms with Crippen LogP contribution in [0.1, 0.15) is 34.9 Å². The third kappa shape index (κ3) is 4.82. The second kappa shape index (κ2) is 8.31. The molecule has 1 amide bonds. The van der Waals surface area contributed by atoms with E-state index in [1.54, 1.807) is 42.5 Å². The number of thioether (sulfide) groups is 1. The molecular weight excluding hydrogens is 360 g/mol. The molecule has 1 atom stereocenters. The van der Waals surface area contributed by atoms with Crippen LogP contribution in [-0.4, -0.2) is 23.7 Å². The molecule has 136 valence electrons. The molecule has 1 fully saturated rings. The van der Waals surface area contributed by atoms with Crippen molar-refractivity contribution in [2.45, 2.75) is 35.6 Å². The first-order chi connectivity index (χ1) is 12.5. The number of hydrogen-bond acceptors (Lipinski definition) is 4. The molecule has 0 unspecified atom stereocenters. The van der Waals surface area contributed by atoms with E-state index < -0.39 is 23.7 Å². The summed E-state index contributed by atoms with van der Waals surface area (Å²) in [6.07, 6.45) is 0.665. The van der Waals surface area contributed by atoms with Gasteiger partial charge in [0.1, 0.15) is 0 Å². The van der Waals surface area contributed by atoms with Crippen molar-refractivity contribution < 1.29 is 23.1 Å². The molecule has 2 aromatic carbocycles. The van der Waals surface area contributed by atoms with Crippen molar-refractivity contribution in [2.75, 3.05) is 0 Å². The molecule has 0 heterocycles. The Hall–Kier alpha value is -2.41. The highest BCUT2D eigenvalue weighted by Gasteiger charge is 2.31. The molecule has 0 saturated heterocycles. The SMILES string of the molecule is O=C(O[C@H](C(=O)NC1CC1)c1ccccc1)c1ccccc1SC(F)F. The minimum atomic E-state index is -2.66. The van der Waals surface area contributed by atoms with Crippen LogP contribution in [-0.2, 0) is 9.53 Å². The van der Waals surface area contributed by atoms with E-state index in [4.69, 9.17) is 4.74 Å². The van der Waals surface area contributed by atoms with Crippen LogP contribution in [0.25, 0.3) is 0 Å². The first-order valence-electron chi connectivity index (χ1n) is 8.14. The number of amides is 1. The standard InChI is InChI=1S/C19H17F2NO3S/c20-19(21)26-15-9-5-4-8-14(15)18(24)25-16(12-6-2-1-3-7-12)17(23)22-13-10-11-13/h1-9,13,16,19H,10-11H2,(H,22,23)/t16-/m0/s1. The van der Waals surface area contributed by atoms with E-state index in [-0.39, 0.29) is 28.3 Å². The van der Waals surface area contributed by atoms with E-state index in [1.807, 2.05) is 0 Å².